The Hall–Kier alpha value is -1.02. The molecule has 0 saturated carbocycles. The van der Waals surface area contributed by atoms with Crippen LogP contribution in [0.3, 0.4) is 0 Å². The number of carbonyl (C=O) groups excluding carboxylic acids is 1. The van der Waals surface area contributed by atoms with Crippen molar-refractivity contribution in [2.75, 3.05) is 12.4 Å². The molecule has 0 unspecified atom stereocenters. The summed E-state index contributed by atoms with van der Waals surface area (Å²) in [6, 6.07) is 8.31. The highest BCUT2D eigenvalue weighted by atomic mass is 35.5. The fraction of sp³-hybridized carbons (Fsp3) is 0.462. The molecule has 1 aromatic carbocycles. The van der Waals surface area contributed by atoms with E-state index in [9.17, 15) is 4.79 Å². The Morgan fingerprint density at radius 2 is 2.12 bits per heavy atom. The number of fused-ring (bicyclic) bond motifs is 1. The summed E-state index contributed by atoms with van der Waals surface area (Å²) < 4.78 is 0. The molecule has 2 rings (SSSR count). The average Bonchev–Trinajstić information content (AvgIpc) is 2.28. The molecule has 1 heterocycles. The minimum atomic E-state index is -0.249. The molecule has 2 nitrogen and oxygen atoms in total. The van der Waals surface area contributed by atoms with Gasteiger partial charge in [-0.05, 0) is 31.4 Å². The smallest absolute Gasteiger partial charge is 0.238 e. The van der Waals surface area contributed by atoms with Crippen molar-refractivity contribution >= 4 is 17.5 Å². The molecule has 1 aromatic rings. The molecular weight excluding hydrogens is 222 g/mol. The molecular formula is C13H16ClNO. The molecule has 0 aliphatic carbocycles. The summed E-state index contributed by atoms with van der Waals surface area (Å²) in [5.41, 5.74) is 2.33. The quantitative estimate of drug-likeness (QED) is 0.688. The minimum absolute atomic E-state index is 0.0150. The second-order valence-corrected chi connectivity index (χ2v) is 4.91. The Labute approximate surface area is 101 Å². The van der Waals surface area contributed by atoms with Crippen molar-refractivity contribution in [2.24, 2.45) is 0 Å². The van der Waals surface area contributed by atoms with E-state index in [0.717, 1.165) is 13.0 Å². The number of rotatable bonds is 1. The lowest BCUT2D eigenvalue weighted by Crippen LogP contribution is -2.50. The van der Waals surface area contributed by atoms with Crippen LogP contribution in [-0.2, 0) is 16.8 Å². The maximum absolute atomic E-state index is 11.8. The predicted molar refractivity (Wildman–Crippen MR) is 65.6 cm³/mol. The summed E-state index contributed by atoms with van der Waals surface area (Å²) in [5.74, 6) is 0.0761. The molecule has 0 bridgehead atoms. The van der Waals surface area contributed by atoms with Crippen LogP contribution in [0.4, 0.5) is 0 Å². The van der Waals surface area contributed by atoms with E-state index in [1.165, 1.54) is 11.1 Å². The summed E-state index contributed by atoms with van der Waals surface area (Å²) in [5, 5.41) is 0. The second kappa shape index (κ2) is 4.10. The van der Waals surface area contributed by atoms with Crippen molar-refractivity contribution in [3.63, 3.8) is 0 Å². The van der Waals surface area contributed by atoms with Gasteiger partial charge < -0.3 is 4.90 Å². The van der Waals surface area contributed by atoms with Gasteiger partial charge in [0.15, 0.2) is 0 Å². The van der Waals surface area contributed by atoms with Crippen LogP contribution in [0.15, 0.2) is 24.3 Å². The first-order valence-corrected chi connectivity index (χ1v) is 6.05. The molecule has 1 aliphatic rings. The minimum Gasteiger partial charge on any atom is -0.332 e. The molecule has 1 amide bonds. The van der Waals surface area contributed by atoms with E-state index in [1.807, 2.05) is 17.0 Å². The molecule has 0 spiro atoms. The fourth-order valence-electron chi connectivity index (χ4n) is 2.50. The third-order valence-electron chi connectivity index (χ3n) is 3.37. The molecule has 0 N–H and O–H groups in total. The summed E-state index contributed by atoms with van der Waals surface area (Å²) in [7, 11) is 0. The highest BCUT2D eigenvalue weighted by Crippen LogP contribution is 2.34. The van der Waals surface area contributed by atoms with Crippen molar-refractivity contribution in [1.29, 1.82) is 0 Å². The molecule has 0 aromatic heterocycles. The number of carbonyl (C=O) groups is 1. The first-order valence-electron chi connectivity index (χ1n) is 5.52. The van der Waals surface area contributed by atoms with E-state index >= 15 is 0 Å². The summed E-state index contributed by atoms with van der Waals surface area (Å²) in [6.45, 7) is 4.92. The number of alkyl halides is 1. The van der Waals surface area contributed by atoms with Gasteiger partial charge in [-0.1, -0.05) is 24.3 Å². The third kappa shape index (κ3) is 1.71. The van der Waals surface area contributed by atoms with Gasteiger partial charge in [-0.25, -0.2) is 0 Å². The van der Waals surface area contributed by atoms with Gasteiger partial charge in [-0.3, -0.25) is 4.79 Å². The standard InChI is InChI=1S/C13H16ClNO/c1-13(2)11-6-4-3-5-10(11)7-8-15(13)12(16)9-14/h3-6H,7-9H2,1-2H3. The summed E-state index contributed by atoms with van der Waals surface area (Å²) >= 11 is 5.65. The molecule has 0 atom stereocenters. The van der Waals surface area contributed by atoms with Gasteiger partial charge in [0.1, 0.15) is 5.88 Å². The van der Waals surface area contributed by atoms with Crippen LogP contribution < -0.4 is 0 Å². The lowest BCUT2D eigenvalue weighted by Gasteiger charge is -2.43. The zero-order valence-corrected chi connectivity index (χ0v) is 10.4. The normalized spacial score (nSPS) is 18.1. The molecule has 0 fully saturated rings. The van der Waals surface area contributed by atoms with E-state index in [0.29, 0.717) is 0 Å². The van der Waals surface area contributed by atoms with Crippen LogP contribution in [0.25, 0.3) is 0 Å². The van der Waals surface area contributed by atoms with Crippen LogP contribution in [-0.4, -0.2) is 23.2 Å². The van der Waals surface area contributed by atoms with E-state index < -0.39 is 0 Å². The van der Waals surface area contributed by atoms with E-state index in [4.69, 9.17) is 11.6 Å². The van der Waals surface area contributed by atoms with Crippen molar-refractivity contribution in [3.05, 3.63) is 35.4 Å². The van der Waals surface area contributed by atoms with Gasteiger partial charge in [-0.15, -0.1) is 11.6 Å². The molecule has 0 saturated heterocycles. The number of amides is 1. The molecule has 86 valence electrons. The molecule has 1 aliphatic heterocycles. The Bertz CT molecular complexity index is 414. The lowest BCUT2D eigenvalue weighted by molar-refractivity contribution is -0.134. The summed E-state index contributed by atoms with van der Waals surface area (Å²) in [4.78, 5) is 13.7. The Kier molecular flexibility index (Phi) is 2.94. The first-order chi connectivity index (χ1) is 7.57. The predicted octanol–water partition coefficient (Wildman–Crippen LogP) is 2.55. The number of hydrogen-bond donors (Lipinski definition) is 0. The second-order valence-electron chi connectivity index (χ2n) is 4.65. The van der Waals surface area contributed by atoms with Crippen LogP contribution in [0.1, 0.15) is 25.0 Å². The van der Waals surface area contributed by atoms with Crippen LogP contribution in [0.5, 0.6) is 0 Å². The fourth-order valence-corrected chi connectivity index (χ4v) is 2.65. The maximum Gasteiger partial charge on any atom is 0.238 e. The van der Waals surface area contributed by atoms with E-state index in [1.54, 1.807) is 0 Å². The highest BCUT2D eigenvalue weighted by Gasteiger charge is 2.36. The van der Waals surface area contributed by atoms with Crippen LogP contribution >= 0.6 is 11.6 Å². The summed E-state index contributed by atoms with van der Waals surface area (Å²) in [6.07, 6.45) is 0.919. The largest absolute Gasteiger partial charge is 0.332 e. The molecule has 3 heteroatoms. The Morgan fingerprint density at radius 1 is 1.44 bits per heavy atom. The monoisotopic (exact) mass is 237 g/mol. The number of hydrogen-bond acceptors (Lipinski definition) is 1. The zero-order valence-electron chi connectivity index (χ0n) is 9.66. The van der Waals surface area contributed by atoms with E-state index in [-0.39, 0.29) is 17.3 Å². The van der Waals surface area contributed by atoms with Gasteiger partial charge in [0.25, 0.3) is 0 Å². The van der Waals surface area contributed by atoms with Crippen molar-refractivity contribution in [2.45, 2.75) is 25.8 Å². The van der Waals surface area contributed by atoms with Crippen LogP contribution in [0, 0.1) is 0 Å². The Balaban J connectivity index is 2.43. The third-order valence-corrected chi connectivity index (χ3v) is 3.60. The average molecular weight is 238 g/mol. The molecule has 16 heavy (non-hydrogen) atoms. The lowest BCUT2D eigenvalue weighted by atomic mass is 9.83. The van der Waals surface area contributed by atoms with Gasteiger partial charge in [0.05, 0.1) is 5.54 Å². The van der Waals surface area contributed by atoms with E-state index in [2.05, 4.69) is 26.0 Å². The van der Waals surface area contributed by atoms with Crippen molar-refractivity contribution in [1.82, 2.24) is 4.90 Å². The maximum atomic E-state index is 11.8. The van der Waals surface area contributed by atoms with Gasteiger partial charge in [0.2, 0.25) is 5.91 Å². The number of benzene rings is 1. The SMILES string of the molecule is CC1(C)c2ccccc2CCN1C(=O)CCl. The topological polar surface area (TPSA) is 20.3 Å². The highest BCUT2D eigenvalue weighted by molar-refractivity contribution is 6.27. The van der Waals surface area contributed by atoms with Crippen LogP contribution in [0.2, 0.25) is 0 Å². The van der Waals surface area contributed by atoms with Gasteiger partial charge in [0, 0.05) is 6.54 Å². The first kappa shape index (κ1) is 11.5. The van der Waals surface area contributed by atoms with Gasteiger partial charge in [-0.2, -0.15) is 0 Å². The Morgan fingerprint density at radius 3 is 2.81 bits per heavy atom. The number of halogens is 1. The number of nitrogens with zero attached hydrogens (tertiary/aromatic N) is 1. The molecule has 0 radical (unpaired) electrons. The van der Waals surface area contributed by atoms with Gasteiger partial charge >= 0.3 is 0 Å². The zero-order chi connectivity index (χ0) is 11.8. The van der Waals surface area contributed by atoms with Crippen molar-refractivity contribution in [3.8, 4) is 0 Å². The van der Waals surface area contributed by atoms with Crippen molar-refractivity contribution < 1.29 is 4.79 Å².